The van der Waals surface area contributed by atoms with Crippen LogP contribution < -0.4 is 9.80 Å². The van der Waals surface area contributed by atoms with Crippen molar-refractivity contribution in [2.45, 2.75) is 0 Å². The summed E-state index contributed by atoms with van der Waals surface area (Å²) < 4.78 is 1.86. The van der Waals surface area contributed by atoms with Crippen molar-refractivity contribution >= 4 is 17.3 Å². The molecule has 0 spiro atoms. The lowest BCUT2D eigenvalue weighted by atomic mass is 10.2. The molecule has 0 amide bonds. The Morgan fingerprint density at radius 1 is 0.704 bits per heavy atom. The van der Waals surface area contributed by atoms with Gasteiger partial charge in [0.2, 0.25) is 5.95 Å². The number of hydrogen-bond acceptors (Lipinski definition) is 7. The standard InChI is InChI=1S/C19H18N8/c1-2-6-20-15(3-1)16-4-7-22-19(24-16)26-13-11-25(12-14-26)18-17-5-8-23-27(17)10-9-21-18/h1-10H,11-14H2. The second kappa shape index (κ2) is 6.64. The lowest BCUT2D eigenvalue weighted by Gasteiger charge is -2.35. The summed E-state index contributed by atoms with van der Waals surface area (Å²) >= 11 is 0. The molecule has 1 saturated heterocycles. The van der Waals surface area contributed by atoms with Crippen LogP contribution in [0.4, 0.5) is 11.8 Å². The van der Waals surface area contributed by atoms with E-state index in [4.69, 9.17) is 4.98 Å². The van der Waals surface area contributed by atoms with E-state index in [2.05, 4.69) is 29.9 Å². The lowest BCUT2D eigenvalue weighted by Crippen LogP contribution is -2.47. The molecule has 1 fully saturated rings. The zero-order valence-electron chi connectivity index (χ0n) is 14.7. The topological polar surface area (TPSA) is 75.3 Å². The molecule has 0 aromatic carbocycles. The fraction of sp³-hybridized carbons (Fsp3) is 0.211. The molecule has 8 nitrogen and oxygen atoms in total. The molecule has 1 aliphatic heterocycles. The van der Waals surface area contributed by atoms with E-state index in [9.17, 15) is 0 Å². The lowest BCUT2D eigenvalue weighted by molar-refractivity contribution is 0.635. The Kier molecular flexibility index (Phi) is 3.86. The number of anilines is 2. The Hall–Kier alpha value is -3.55. The highest BCUT2D eigenvalue weighted by molar-refractivity contribution is 5.68. The van der Waals surface area contributed by atoms with Gasteiger partial charge < -0.3 is 9.80 Å². The SMILES string of the molecule is c1ccc(-c2ccnc(N3CCN(c4nccn5nccc45)CC3)n2)nc1. The number of pyridine rings is 1. The second-order valence-corrected chi connectivity index (χ2v) is 6.34. The first-order valence-corrected chi connectivity index (χ1v) is 8.91. The van der Waals surface area contributed by atoms with Crippen molar-refractivity contribution in [1.82, 2.24) is 29.5 Å². The van der Waals surface area contributed by atoms with Crippen LogP contribution in [0, 0.1) is 0 Å². The molecule has 1 aliphatic rings. The predicted molar refractivity (Wildman–Crippen MR) is 103 cm³/mol. The smallest absolute Gasteiger partial charge is 0.226 e. The Bertz CT molecular complexity index is 1050. The van der Waals surface area contributed by atoms with Gasteiger partial charge in [-0.05, 0) is 24.3 Å². The third-order valence-corrected chi connectivity index (χ3v) is 4.74. The molecule has 0 saturated carbocycles. The molecular formula is C19H18N8. The van der Waals surface area contributed by atoms with Crippen LogP contribution in [-0.2, 0) is 0 Å². The zero-order chi connectivity index (χ0) is 18.1. The van der Waals surface area contributed by atoms with E-state index in [0.717, 1.165) is 54.8 Å². The summed E-state index contributed by atoms with van der Waals surface area (Å²) in [6.07, 6.45) is 9.04. The van der Waals surface area contributed by atoms with Crippen LogP contribution in [0.5, 0.6) is 0 Å². The van der Waals surface area contributed by atoms with Crippen LogP contribution in [0.3, 0.4) is 0 Å². The van der Waals surface area contributed by atoms with Crippen molar-refractivity contribution in [3.05, 3.63) is 61.3 Å². The monoisotopic (exact) mass is 358 g/mol. The maximum absolute atomic E-state index is 4.71. The molecule has 0 radical (unpaired) electrons. The molecule has 0 N–H and O–H groups in total. The van der Waals surface area contributed by atoms with E-state index in [-0.39, 0.29) is 0 Å². The Labute approximate surface area is 156 Å². The van der Waals surface area contributed by atoms with Gasteiger partial charge >= 0.3 is 0 Å². The zero-order valence-corrected chi connectivity index (χ0v) is 14.7. The quantitative estimate of drug-likeness (QED) is 0.554. The van der Waals surface area contributed by atoms with Crippen LogP contribution in [-0.4, -0.2) is 55.7 Å². The number of nitrogens with zero attached hydrogens (tertiary/aromatic N) is 8. The minimum absolute atomic E-state index is 0.744. The largest absolute Gasteiger partial charge is 0.351 e. The van der Waals surface area contributed by atoms with E-state index in [1.807, 2.05) is 41.0 Å². The average Bonchev–Trinajstić information content (AvgIpc) is 3.24. The third-order valence-electron chi connectivity index (χ3n) is 4.74. The van der Waals surface area contributed by atoms with Gasteiger partial charge in [0.05, 0.1) is 17.6 Å². The maximum Gasteiger partial charge on any atom is 0.226 e. The van der Waals surface area contributed by atoms with Crippen molar-refractivity contribution in [3.8, 4) is 11.4 Å². The number of aromatic nitrogens is 6. The summed E-state index contributed by atoms with van der Waals surface area (Å²) in [4.78, 5) is 22.6. The average molecular weight is 358 g/mol. The molecule has 0 aliphatic carbocycles. The van der Waals surface area contributed by atoms with Crippen LogP contribution in [0.25, 0.3) is 16.9 Å². The van der Waals surface area contributed by atoms with Gasteiger partial charge in [0.15, 0.2) is 5.82 Å². The summed E-state index contributed by atoms with van der Waals surface area (Å²) in [7, 11) is 0. The molecule has 5 rings (SSSR count). The summed E-state index contributed by atoms with van der Waals surface area (Å²) in [6.45, 7) is 3.38. The van der Waals surface area contributed by atoms with E-state index >= 15 is 0 Å². The molecule has 134 valence electrons. The first kappa shape index (κ1) is 15.7. The number of rotatable bonds is 3. The molecule has 0 unspecified atom stereocenters. The molecular weight excluding hydrogens is 340 g/mol. The van der Waals surface area contributed by atoms with E-state index in [1.54, 1.807) is 24.8 Å². The van der Waals surface area contributed by atoms with E-state index in [0.29, 0.717) is 0 Å². The fourth-order valence-electron chi connectivity index (χ4n) is 3.36. The Morgan fingerprint density at radius 2 is 1.59 bits per heavy atom. The summed E-state index contributed by atoms with van der Waals surface area (Å²) in [6, 6.07) is 9.72. The first-order chi connectivity index (χ1) is 13.4. The number of hydrogen-bond donors (Lipinski definition) is 0. The summed E-state index contributed by atoms with van der Waals surface area (Å²) in [5, 5.41) is 4.29. The molecule has 4 aromatic rings. The van der Waals surface area contributed by atoms with Gasteiger partial charge in [-0.3, -0.25) is 4.98 Å². The molecule has 8 heteroatoms. The number of fused-ring (bicyclic) bond motifs is 1. The Balaban J connectivity index is 1.34. The summed E-state index contributed by atoms with van der Waals surface area (Å²) in [5.41, 5.74) is 2.73. The predicted octanol–water partition coefficient (Wildman–Crippen LogP) is 1.91. The van der Waals surface area contributed by atoms with Gasteiger partial charge in [-0.1, -0.05) is 6.07 Å². The number of piperazine rings is 1. The third kappa shape index (κ3) is 2.95. The maximum atomic E-state index is 4.71. The first-order valence-electron chi connectivity index (χ1n) is 8.91. The molecule has 5 heterocycles. The van der Waals surface area contributed by atoms with Crippen molar-refractivity contribution in [1.29, 1.82) is 0 Å². The minimum atomic E-state index is 0.744. The van der Waals surface area contributed by atoms with Crippen LogP contribution in [0.2, 0.25) is 0 Å². The van der Waals surface area contributed by atoms with E-state index in [1.165, 1.54) is 0 Å². The van der Waals surface area contributed by atoms with Crippen molar-refractivity contribution in [2.75, 3.05) is 36.0 Å². The van der Waals surface area contributed by atoms with Gasteiger partial charge in [0, 0.05) is 51.0 Å². The highest BCUT2D eigenvalue weighted by atomic mass is 15.3. The highest BCUT2D eigenvalue weighted by Crippen LogP contribution is 2.22. The van der Waals surface area contributed by atoms with Crippen molar-refractivity contribution in [3.63, 3.8) is 0 Å². The Morgan fingerprint density at radius 3 is 2.44 bits per heavy atom. The van der Waals surface area contributed by atoms with Gasteiger partial charge in [0.25, 0.3) is 0 Å². The van der Waals surface area contributed by atoms with Crippen LogP contribution in [0.15, 0.2) is 61.3 Å². The molecule has 0 bridgehead atoms. The molecule has 27 heavy (non-hydrogen) atoms. The van der Waals surface area contributed by atoms with Crippen LogP contribution >= 0.6 is 0 Å². The van der Waals surface area contributed by atoms with E-state index < -0.39 is 0 Å². The van der Waals surface area contributed by atoms with Gasteiger partial charge in [-0.25, -0.2) is 19.5 Å². The fourth-order valence-corrected chi connectivity index (χ4v) is 3.36. The van der Waals surface area contributed by atoms with Crippen LogP contribution in [0.1, 0.15) is 0 Å². The minimum Gasteiger partial charge on any atom is -0.351 e. The van der Waals surface area contributed by atoms with Gasteiger partial charge in [0.1, 0.15) is 5.52 Å². The van der Waals surface area contributed by atoms with Gasteiger partial charge in [-0.15, -0.1) is 0 Å². The second-order valence-electron chi connectivity index (χ2n) is 6.34. The van der Waals surface area contributed by atoms with Crippen molar-refractivity contribution in [2.24, 2.45) is 0 Å². The normalized spacial score (nSPS) is 14.7. The highest BCUT2D eigenvalue weighted by Gasteiger charge is 2.22. The summed E-state index contributed by atoms with van der Waals surface area (Å²) in [5.74, 6) is 1.71. The van der Waals surface area contributed by atoms with Gasteiger partial charge in [-0.2, -0.15) is 5.10 Å². The van der Waals surface area contributed by atoms with Crippen molar-refractivity contribution < 1.29 is 0 Å². The molecule has 4 aromatic heterocycles. The molecule has 0 atom stereocenters.